The van der Waals surface area contributed by atoms with Crippen molar-refractivity contribution in [2.24, 2.45) is 0 Å². The van der Waals surface area contributed by atoms with E-state index in [-0.39, 0.29) is 0 Å². The lowest BCUT2D eigenvalue weighted by Gasteiger charge is -2.14. The van der Waals surface area contributed by atoms with Gasteiger partial charge in [-0.2, -0.15) is 4.98 Å². The molecular formula is C12H17N5. The van der Waals surface area contributed by atoms with E-state index in [1.54, 1.807) is 4.52 Å². The third-order valence-corrected chi connectivity index (χ3v) is 3.12. The van der Waals surface area contributed by atoms with Crippen LogP contribution in [0.4, 0.5) is 5.95 Å². The molecule has 90 valence electrons. The fourth-order valence-electron chi connectivity index (χ4n) is 2.22. The number of fused-ring (bicyclic) bond motifs is 1. The predicted octanol–water partition coefficient (Wildman–Crippen LogP) is 1.28. The molecule has 2 aromatic heterocycles. The molecule has 17 heavy (non-hydrogen) atoms. The zero-order valence-electron chi connectivity index (χ0n) is 9.76. The summed E-state index contributed by atoms with van der Waals surface area (Å²) in [7, 11) is 0. The van der Waals surface area contributed by atoms with Crippen LogP contribution in [0.25, 0.3) is 5.65 Å². The number of nitrogens with zero attached hydrogens (tertiary/aromatic N) is 3. The fraction of sp³-hybridized carbons (Fsp3) is 0.500. The minimum Gasteiger partial charge on any atom is -0.349 e. The van der Waals surface area contributed by atoms with E-state index >= 15 is 0 Å². The van der Waals surface area contributed by atoms with Gasteiger partial charge in [0.2, 0.25) is 5.95 Å². The highest BCUT2D eigenvalue weighted by Crippen LogP contribution is 2.10. The van der Waals surface area contributed by atoms with Gasteiger partial charge in [-0.3, -0.25) is 0 Å². The van der Waals surface area contributed by atoms with Crippen molar-refractivity contribution >= 4 is 11.6 Å². The van der Waals surface area contributed by atoms with Crippen molar-refractivity contribution in [3.8, 4) is 0 Å². The third kappa shape index (κ3) is 2.39. The smallest absolute Gasteiger partial charge is 0.243 e. The minimum absolute atomic E-state index is 0.440. The summed E-state index contributed by atoms with van der Waals surface area (Å²) in [4.78, 5) is 4.45. The first kappa shape index (κ1) is 10.5. The Hall–Kier alpha value is -1.62. The normalized spacial score (nSPS) is 21.3. The number of anilines is 1. The lowest BCUT2D eigenvalue weighted by molar-refractivity contribution is 0.631. The van der Waals surface area contributed by atoms with Gasteiger partial charge < -0.3 is 10.6 Å². The number of rotatable bonds is 2. The molecule has 5 nitrogen and oxygen atoms in total. The second-order valence-corrected chi connectivity index (χ2v) is 4.48. The topological polar surface area (TPSA) is 54.2 Å². The van der Waals surface area contributed by atoms with E-state index in [4.69, 9.17) is 0 Å². The molecule has 2 N–H and O–H groups in total. The van der Waals surface area contributed by atoms with E-state index in [0.29, 0.717) is 6.04 Å². The highest BCUT2D eigenvalue weighted by molar-refractivity contribution is 5.43. The Morgan fingerprint density at radius 3 is 3.29 bits per heavy atom. The average Bonchev–Trinajstić information content (AvgIpc) is 2.57. The van der Waals surface area contributed by atoms with Crippen LogP contribution in [0, 0.1) is 0 Å². The quantitative estimate of drug-likeness (QED) is 0.817. The van der Waals surface area contributed by atoms with Crippen molar-refractivity contribution in [2.45, 2.75) is 25.3 Å². The van der Waals surface area contributed by atoms with Gasteiger partial charge in [0, 0.05) is 18.8 Å². The van der Waals surface area contributed by atoms with Crippen LogP contribution < -0.4 is 10.6 Å². The summed E-state index contributed by atoms with van der Waals surface area (Å²) in [6, 6.07) is 6.33. The van der Waals surface area contributed by atoms with Crippen molar-refractivity contribution in [2.75, 3.05) is 18.4 Å². The first-order chi connectivity index (χ1) is 8.42. The Balaban J connectivity index is 1.75. The van der Waals surface area contributed by atoms with Gasteiger partial charge >= 0.3 is 0 Å². The van der Waals surface area contributed by atoms with Crippen LogP contribution in [-0.2, 0) is 0 Å². The molecule has 3 heterocycles. The van der Waals surface area contributed by atoms with Gasteiger partial charge in [0.1, 0.15) is 0 Å². The standard InChI is InChI=1S/C12H17N5/c1-3-7-13-9-10(5-1)14-12-15-11-6-2-4-8-17(11)16-12/h2,4,6,8,10,13H,1,3,5,7,9H2,(H,14,16). The van der Waals surface area contributed by atoms with E-state index in [1.165, 1.54) is 19.3 Å². The highest BCUT2D eigenvalue weighted by atomic mass is 15.3. The van der Waals surface area contributed by atoms with Gasteiger partial charge in [-0.05, 0) is 31.5 Å². The van der Waals surface area contributed by atoms with E-state index < -0.39 is 0 Å². The molecule has 0 bridgehead atoms. The molecule has 1 aliphatic heterocycles. The molecule has 1 atom stereocenters. The Bertz CT molecular complexity index is 451. The fourth-order valence-corrected chi connectivity index (χ4v) is 2.22. The molecule has 1 saturated heterocycles. The zero-order valence-corrected chi connectivity index (χ0v) is 9.76. The predicted molar refractivity (Wildman–Crippen MR) is 67.1 cm³/mol. The van der Waals surface area contributed by atoms with Crippen LogP contribution in [0.1, 0.15) is 19.3 Å². The summed E-state index contributed by atoms with van der Waals surface area (Å²) < 4.78 is 1.80. The van der Waals surface area contributed by atoms with Gasteiger partial charge in [0.15, 0.2) is 5.65 Å². The van der Waals surface area contributed by atoms with Crippen molar-refractivity contribution in [1.29, 1.82) is 0 Å². The molecule has 5 heteroatoms. The Labute approximate surface area is 100 Å². The SMILES string of the molecule is c1ccn2nc(NC3CCCCNC3)nc2c1. The monoisotopic (exact) mass is 231 g/mol. The molecular weight excluding hydrogens is 214 g/mol. The van der Waals surface area contributed by atoms with E-state index in [1.807, 2.05) is 24.4 Å². The molecule has 0 aliphatic carbocycles. The van der Waals surface area contributed by atoms with Gasteiger partial charge in [-0.15, -0.1) is 5.10 Å². The van der Waals surface area contributed by atoms with Gasteiger partial charge in [-0.25, -0.2) is 4.52 Å². The van der Waals surface area contributed by atoms with Crippen molar-refractivity contribution < 1.29 is 0 Å². The molecule has 1 aliphatic rings. The van der Waals surface area contributed by atoms with Gasteiger partial charge in [0.25, 0.3) is 0 Å². The second-order valence-electron chi connectivity index (χ2n) is 4.48. The summed E-state index contributed by atoms with van der Waals surface area (Å²) in [5, 5.41) is 11.2. The molecule has 3 rings (SSSR count). The van der Waals surface area contributed by atoms with Crippen LogP contribution in [0.15, 0.2) is 24.4 Å². The van der Waals surface area contributed by atoms with Crippen molar-refractivity contribution in [1.82, 2.24) is 19.9 Å². The molecule has 2 aromatic rings. The maximum Gasteiger partial charge on any atom is 0.243 e. The molecule has 1 fully saturated rings. The summed E-state index contributed by atoms with van der Waals surface area (Å²) in [6.45, 7) is 2.12. The van der Waals surface area contributed by atoms with Crippen molar-refractivity contribution in [3.05, 3.63) is 24.4 Å². The molecule has 0 aromatic carbocycles. The summed E-state index contributed by atoms with van der Waals surface area (Å²) in [5.74, 6) is 0.727. The lowest BCUT2D eigenvalue weighted by atomic mass is 10.1. The largest absolute Gasteiger partial charge is 0.349 e. The molecule has 0 radical (unpaired) electrons. The summed E-state index contributed by atoms with van der Waals surface area (Å²) >= 11 is 0. The van der Waals surface area contributed by atoms with Crippen LogP contribution in [0.5, 0.6) is 0 Å². The number of nitrogens with one attached hydrogen (secondary N) is 2. The average molecular weight is 231 g/mol. The lowest BCUT2D eigenvalue weighted by Crippen LogP contribution is -2.31. The van der Waals surface area contributed by atoms with Crippen LogP contribution >= 0.6 is 0 Å². The molecule has 0 amide bonds. The second kappa shape index (κ2) is 4.71. The Morgan fingerprint density at radius 1 is 1.35 bits per heavy atom. The summed E-state index contributed by atoms with van der Waals surface area (Å²) in [6.07, 6.45) is 5.62. The van der Waals surface area contributed by atoms with Crippen molar-refractivity contribution in [3.63, 3.8) is 0 Å². The Kier molecular flexibility index (Phi) is 2.92. The maximum atomic E-state index is 4.45. The van der Waals surface area contributed by atoms with Crippen LogP contribution in [0.2, 0.25) is 0 Å². The minimum atomic E-state index is 0.440. The van der Waals surface area contributed by atoms with E-state index in [2.05, 4.69) is 20.7 Å². The third-order valence-electron chi connectivity index (χ3n) is 3.12. The molecule has 0 saturated carbocycles. The molecule has 1 unspecified atom stereocenters. The highest BCUT2D eigenvalue weighted by Gasteiger charge is 2.13. The zero-order chi connectivity index (χ0) is 11.5. The maximum absolute atomic E-state index is 4.45. The number of pyridine rings is 1. The number of hydrogen-bond donors (Lipinski definition) is 2. The molecule has 0 spiro atoms. The van der Waals surface area contributed by atoms with Gasteiger partial charge in [0.05, 0.1) is 0 Å². The summed E-state index contributed by atoms with van der Waals surface area (Å²) in [5.41, 5.74) is 0.886. The Morgan fingerprint density at radius 2 is 2.35 bits per heavy atom. The van der Waals surface area contributed by atoms with Crippen LogP contribution in [0.3, 0.4) is 0 Å². The first-order valence-corrected chi connectivity index (χ1v) is 6.20. The number of hydrogen-bond acceptors (Lipinski definition) is 4. The van der Waals surface area contributed by atoms with E-state index in [9.17, 15) is 0 Å². The van der Waals surface area contributed by atoms with E-state index in [0.717, 1.165) is 24.7 Å². The van der Waals surface area contributed by atoms with Gasteiger partial charge in [-0.1, -0.05) is 12.5 Å². The number of aromatic nitrogens is 3. The van der Waals surface area contributed by atoms with Crippen LogP contribution in [-0.4, -0.2) is 33.7 Å². The first-order valence-electron chi connectivity index (χ1n) is 6.20.